The second-order valence-corrected chi connectivity index (χ2v) is 8.98. The van der Waals surface area contributed by atoms with Crippen molar-refractivity contribution in [3.8, 4) is 22.6 Å². The number of rotatable bonds is 5. The number of anilines is 1. The van der Waals surface area contributed by atoms with Crippen LogP contribution in [0.2, 0.25) is 0 Å². The maximum Gasteiger partial charge on any atom is 0.151 e. The molecule has 0 spiro atoms. The summed E-state index contributed by atoms with van der Waals surface area (Å²) in [6.45, 7) is 11.5. The number of fused-ring (bicyclic) bond motifs is 3. The predicted octanol–water partition coefficient (Wildman–Crippen LogP) is 4.01. The molecule has 5 rings (SSSR count). The van der Waals surface area contributed by atoms with Gasteiger partial charge in [0.1, 0.15) is 18.6 Å². The number of aromatic nitrogens is 2. The van der Waals surface area contributed by atoms with E-state index in [1.54, 1.807) is 0 Å². The van der Waals surface area contributed by atoms with Crippen molar-refractivity contribution >= 4 is 12.0 Å². The van der Waals surface area contributed by atoms with Gasteiger partial charge in [0.25, 0.3) is 0 Å². The Balaban J connectivity index is 1.38. The van der Waals surface area contributed by atoms with Crippen LogP contribution in [0, 0.1) is 6.92 Å². The molecule has 6 heteroatoms. The third kappa shape index (κ3) is 3.79. The van der Waals surface area contributed by atoms with Crippen molar-refractivity contribution in [1.82, 2.24) is 14.5 Å². The molecule has 0 atom stereocenters. The topological polar surface area (TPSA) is 50.6 Å². The molecule has 0 saturated carbocycles. The first-order valence-corrected chi connectivity index (χ1v) is 11.4. The SMILES string of the molecule is Cc1cc2c(cc1-c1ccc(N3CCN(C(C)C)CC3)cc1)OCc1nc(CC=O)cn1-2. The summed E-state index contributed by atoms with van der Waals surface area (Å²) < 4.78 is 8.07. The number of nitrogens with zero attached hydrogens (tertiary/aromatic N) is 4. The maximum absolute atomic E-state index is 10.9. The lowest BCUT2D eigenvalue weighted by atomic mass is 9.98. The lowest BCUT2D eigenvalue weighted by Crippen LogP contribution is -2.48. The molecule has 1 saturated heterocycles. The van der Waals surface area contributed by atoms with Crippen molar-refractivity contribution in [1.29, 1.82) is 0 Å². The molecule has 0 amide bonds. The van der Waals surface area contributed by atoms with Crippen LogP contribution in [-0.2, 0) is 17.8 Å². The zero-order valence-electron chi connectivity index (χ0n) is 19.0. The molecule has 2 aromatic carbocycles. The van der Waals surface area contributed by atoms with E-state index in [0.29, 0.717) is 19.1 Å². The highest BCUT2D eigenvalue weighted by Crippen LogP contribution is 2.37. The van der Waals surface area contributed by atoms with Crippen molar-refractivity contribution in [3.63, 3.8) is 0 Å². The lowest BCUT2D eigenvalue weighted by Gasteiger charge is -2.38. The summed E-state index contributed by atoms with van der Waals surface area (Å²) >= 11 is 0. The number of carbonyl (C=O) groups excluding carboxylic acids is 1. The quantitative estimate of drug-likeness (QED) is 0.573. The van der Waals surface area contributed by atoms with Crippen molar-refractivity contribution in [3.05, 3.63) is 59.7 Å². The van der Waals surface area contributed by atoms with E-state index in [1.807, 2.05) is 10.8 Å². The monoisotopic (exact) mass is 430 g/mol. The Hall–Kier alpha value is -3.12. The van der Waals surface area contributed by atoms with Gasteiger partial charge >= 0.3 is 0 Å². The van der Waals surface area contributed by atoms with Gasteiger partial charge in [-0.3, -0.25) is 9.47 Å². The number of hydrogen-bond donors (Lipinski definition) is 0. The summed E-state index contributed by atoms with van der Waals surface area (Å²) in [6.07, 6.45) is 3.15. The first kappa shape index (κ1) is 20.8. The Bertz CT molecular complexity index is 1130. The van der Waals surface area contributed by atoms with Crippen molar-refractivity contribution in [2.24, 2.45) is 0 Å². The molecule has 2 aliphatic heterocycles. The summed E-state index contributed by atoms with van der Waals surface area (Å²) in [6, 6.07) is 13.8. The second kappa shape index (κ2) is 8.43. The Morgan fingerprint density at radius 3 is 2.53 bits per heavy atom. The molecule has 32 heavy (non-hydrogen) atoms. The molecule has 0 bridgehead atoms. The van der Waals surface area contributed by atoms with Gasteiger partial charge in [0.05, 0.1) is 11.4 Å². The van der Waals surface area contributed by atoms with Gasteiger partial charge in [0, 0.05) is 50.5 Å². The summed E-state index contributed by atoms with van der Waals surface area (Å²) in [4.78, 5) is 20.4. The van der Waals surface area contributed by atoms with Gasteiger partial charge in [-0.25, -0.2) is 4.98 Å². The van der Waals surface area contributed by atoms with Gasteiger partial charge in [-0.2, -0.15) is 0 Å². The first-order valence-electron chi connectivity index (χ1n) is 11.4. The van der Waals surface area contributed by atoms with Gasteiger partial charge in [0.15, 0.2) is 5.82 Å². The molecule has 1 aromatic heterocycles. The number of benzene rings is 2. The van der Waals surface area contributed by atoms with E-state index in [4.69, 9.17) is 4.74 Å². The minimum Gasteiger partial charge on any atom is -0.483 e. The molecule has 2 aliphatic rings. The molecule has 0 aliphatic carbocycles. The second-order valence-electron chi connectivity index (χ2n) is 8.98. The van der Waals surface area contributed by atoms with E-state index < -0.39 is 0 Å². The highest BCUT2D eigenvalue weighted by Gasteiger charge is 2.22. The van der Waals surface area contributed by atoms with Crippen LogP contribution in [0.1, 0.15) is 30.9 Å². The van der Waals surface area contributed by atoms with Crippen LogP contribution in [0.25, 0.3) is 16.8 Å². The third-order valence-electron chi connectivity index (χ3n) is 6.63. The van der Waals surface area contributed by atoms with E-state index in [1.165, 1.54) is 22.4 Å². The summed E-state index contributed by atoms with van der Waals surface area (Å²) in [7, 11) is 0. The molecule has 6 nitrogen and oxygen atoms in total. The Morgan fingerprint density at radius 2 is 1.84 bits per heavy atom. The van der Waals surface area contributed by atoms with Gasteiger partial charge in [-0.05, 0) is 61.7 Å². The predicted molar refractivity (Wildman–Crippen MR) is 127 cm³/mol. The first-order chi connectivity index (χ1) is 15.5. The van der Waals surface area contributed by atoms with E-state index in [-0.39, 0.29) is 0 Å². The van der Waals surface area contributed by atoms with Crippen molar-refractivity contribution < 1.29 is 9.53 Å². The van der Waals surface area contributed by atoms with Gasteiger partial charge in [0.2, 0.25) is 0 Å². The number of aldehydes is 1. The molecule has 3 aromatic rings. The van der Waals surface area contributed by atoms with Crippen LogP contribution in [-0.4, -0.2) is 53.0 Å². The Morgan fingerprint density at radius 1 is 1.09 bits per heavy atom. The normalized spacial score (nSPS) is 15.9. The fourth-order valence-corrected chi connectivity index (χ4v) is 4.74. The third-order valence-corrected chi connectivity index (χ3v) is 6.63. The highest BCUT2D eigenvalue weighted by molar-refractivity contribution is 5.74. The smallest absolute Gasteiger partial charge is 0.151 e. The Labute approximate surface area is 189 Å². The van der Waals surface area contributed by atoms with Gasteiger partial charge < -0.3 is 14.4 Å². The van der Waals surface area contributed by atoms with E-state index >= 15 is 0 Å². The van der Waals surface area contributed by atoms with Crippen LogP contribution < -0.4 is 9.64 Å². The molecule has 0 N–H and O–H groups in total. The van der Waals surface area contributed by atoms with Crippen LogP contribution in [0.3, 0.4) is 0 Å². The lowest BCUT2D eigenvalue weighted by molar-refractivity contribution is -0.107. The number of hydrogen-bond acceptors (Lipinski definition) is 5. The highest BCUT2D eigenvalue weighted by atomic mass is 16.5. The molecular formula is C26H30N4O2. The summed E-state index contributed by atoms with van der Waals surface area (Å²) in [5.41, 5.74) is 6.60. The van der Waals surface area contributed by atoms with Crippen LogP contribution in [0.15, 0.2) is 42.6 Å². The fourth-order valence-electron chi connectivity index (χ4n) is 4.74. The molecule has 0 radical (unpaired) electrons. The largest absolute Gasteiger partial charge is 0.483 e. The number of imidazole rings is 1. The fraction of sp³-hybridized carbons (Fsp3) is 0.385. The number of piperazine rings is 1. The van der Waals surface area contributed by atoms with Crippen LogP contribution in [0.5, 0.6) is 5.75 Å². The zero-order chi connectivity index (χ0) is 22.2. The summed E-state index contributed by atoms with van der Waals surface area (Å²) in [5, 5.41) is 0. The van der Waals surface area contributed by atoms with Crippen molar-refractivity contribution in [2.45, 2.75) is 39.8 Å². The number of aryl methyl sites for hydroxylation is 1. The van der Waals surface area contributed by atoms with Crippen LogP contribution >= 0.6 is 0 Å². The molecule has 1 fully saturated rings. The van der Waals surface area contributed by atoms with E-state index in [0.717, 1.165) is 55.4 Å². The molecular weight excluding hydrogens is 400 g/mol. The maximum atomic E-state index is 10.9. The standard InChI is InChI=1S/C26H30N4O2/c1-18(2)28-9-11-29(12-10-28)22-6-4-20(5-7-22)23-15-25-24(14-19(23)3)30-16-21(8-13-31)27-26(30)17-32-25/h4-7,13-16,18H,8-12,17H2,1-3H3. The van der Waals surface area contributed by atoms with Crippen molar-refractivity contribution in [2.75, 3.05) is 31.1 Å². The van der Waals surface area contributed by atoms with Gasteiger partial charge in [-0.1, -0.05) is 12.1 Å². The van der Waals surface area contributed by atoms with Gasteiger partial charge in [-0.15, -0.1) is 0 Å². The van der Waals surface area contributed by atoms with E-state index in [9.17, 15) is 4.79 Å². The average Bonchev–Trinajstić information content (AvgIpc) is 3.22. The Kier molecular flexibility index (Phi) is 5.47. The van der Waals surface area contributed by atoms with E-state index in [2.05, 4.69) is 72.0 Å². The number of carbonyl (C=O) groups is 1. The average molecular weight is 431 g/mol. The minimum atomic E-state index is 0.325. The van der Waals surface area contributed by atoms with Crippen LogP contribution in [0.4, 0.5) is 5.69 Å². The summed E-state index contributed by atoms with van der Waals surface area (Å²) in [5.74, 6) is 1.69. The minimum absolute atomic E-state index is 0.325. The molecule has 166 valence electrons. The molecule has 3 heterocycles. The molecule has 0 unspecified atom stereocenters. The number of ether oxygens (including phenoxy) is 1. The zero-order valence-corrected chi connectivity index (χ0v) is 19.0.